The average molecular weight is 491 g/mol. The molecule has 1 atom stereocenters. The molecule has 0 bridgehead atoms. The maximum atomic E-state index is 12.9. The van der Waals surface area contributed by atoms with Gasteiger partial charge < -0.3 is 0 Å². The minimum absolute atomic E-state index is 0.0231. The molecule has 35 heavy (non-hydrogen) atoms. The minimum Gasteiger partial charge on any atom is -0.295 e. The van der Waals surface area contributed by atoms with Gasteiger partial charge in [0.15, 0.2) is 5.03 Å². The lowest BCUT2D eigenvalue weighted by atomic mass is 10.0. The van der Waals surface area contributed by atoms with Crippen LogP contribution in [0.25, 0.3) is 5.65 Å². The second-order valence-corrected chi connectivity index (χ2v) is 9.57. The number of carbonyl (C=O) groups excluding carboxylic acids is 4. The van der Waals surface area contributed by atoms with Crippen molar-refractivity contribution >= 4 is 39.3 Å². The number of piperidine rings is 1. The number of aromatic nitrogens is 2. The van der Waals surface area contributed by atoms with Crippen molar-refractivity contribution in [3.8, 4) is 11.8 Å². The molecular weight excluding hydrogens is 474 g/mol. The number of benzene rings is 1. The van der Waals surface area contributed by atoms with Gasteiger partial charge in [0, 0.05) is 18.2 Å². The number of hydrogen-bond acceptors (Lipinski definition) is 7. The van der Waals surface area contributed by atoms with Crippen LogP contribution in [0.1, 0.15) is 39.1 Å². The number of pyridine rings is 1. The first-order valence-electron chi connectivity index (χ1n) is 10.5. The molecule has 12 heteroatoms. The molecule has 2 N–H and O–H groups in total. The van der Waals surface area contributed by atoms with Crippen LogP contribution < -0.4 is 10.0 Å². The van der Waals surface area contributed by atoms with Crippen molar-refractivity contribution in [3.05, 3.63) is 65.5 Å². The number of imidazole rings is 1. The van der Waals surface area contributed by atoms with Gasteiger partial charge in [0.05, 0.1) is 23.9 Å². The van der Waals surface area contributed by atoms with Gasteiger partial charge in [-0.25, -0.2) is 13.4 Å². The van der Waals surface area contributed by atoms with Gasteiger partial charge in [-0.15, -0.1) is 0 Å². The number of imide groups is 2. The lowest BCUT2D eigenvalue weighted by molar-refractivity contribution is -0.136. The van der Waals surface area contributed by atoms with Gasteiger partial charge in [0.1, 0.15) is 11.7 Å². The molecule has 4 amide bonds. The summed E-state index contributed by atoms with van der Waals surface area (Å²) >= 11 is 0. The Morgan fingerprint density at radius 3 is 2.69 bits per heavy atom. The Labute approximate surface area is 199 Å². The Bertz CT molecular complexity index is 1600. The number of nitrogens with one attached hydrogen (secondary N) is 2. The summed E-state index contributed by atoms with van der Waals surface area (Å²) in [5.74, 6) is 3.07. The number of nitrogens with zero attached hydrogens (tertiary/aromatic N) is 3. The SMILES string of the molecule is O=C1CCC(N2C(=O)c3ccc(C#CCNS(=O)(=O)c4cnc5ccccn45)cc3C2=O)C(=O)N1. The molecule has 0 aliphatic carbocycles. The first-order valence-corrected chi connectivity index (χ1v) is 12.0. The molecule has 2 aliphatic rings. The monoisotopic (exact) mass is 491 g/mol. The maximum absolute atomic E-state index is 12.9. The summed E-state index contributed by atoms with van der Waals surface area (Å²) in [4.78, 5) is 54.1. The van der Waals surface area contributed by atoms with Crippen LogP contribution in [0.3, 0.4) is 0 Å². The molecule has 1 unspecified atom stereocenters. The van der Waals surface area contributed by atoms with Crippen molar-refractivity contribution < 1.29 is 27.6 Å². The van der Waals surface area contributed by atoms with E-state index in [-0.39, 0.29) is 35.5 Å². The second-order valence-electron chi connectivity index (χ2n) is 7.86. The molecular formula is C23H17N5O6S. The van der Waals surface area contributed by atoms with E-state index in [0.29, 0.717) is 11.2 Å². The van der Waals surface area contributed by atoms with E-state index >= 15 is 0 Å². The lowest BCUT2D eigenvalue weighted by Crippen LogP contribution is -2.54. The molecule has 5 rings (SSSR count). The zero-order valence-corrected chi connectivity index (χ0v) is 18.8. The summed E-state index contributed by atoms with van der Waals surface area (Å²) in [5, 5.41) is 2.12. The quantitative estimate of drug-likeness (QED) is 0.388. The summed E-state index contributed by atoms with van der Waals surface area (Å²) in [6.45, 7) is -0.200. The van der Waals surface area contributed by atoms with Crippen molar-refractivity contribution in [3.63, 3.8) is 0 Å². The van der Waals surface area contributed by atoms with Crippen molar-refractivity contribution in [2.24, 2.45) is 0 Å². The Balaban J connectivity index is 1.30. The van der Waals surface area contributed by atoms with E-state index in [1.165, 1.54) is 28.8 Å². The number of fused-ring (bicyclic) bond motifs is 2. The van der Waals surface area contributed by atoms with Gasteiger partial charge in [0.25, 0.3) is 21.8 Å². The predicted molar refractivity (Wildman–Crippen MR) is 120 cm³/mol. The van der Waals surface area contributed by atoms with Crippen LogP contribution in [0.2, 0.25) is 0 Å². The fraction of sp³-hybridized carbons (Fsp3) is 0.174. The molecule has 2 aliphatic heterocycles. The molecule has 0 spiro atoms. The highest BCUT2D eigenvalue weighted by Gasteiger charge is 2.44. The molecule has 0 saturated carbocycles. The van der Waals surface area contributed by atoms with Crippen molar-refractivity contribution in [2.45, 2.75) is 23.9 Å². The summed E-state index contributed by atoms with van der Waals surface area (Å²) in [6, 6.07) is 8.46. The highest BCUT2D eigenvalue weighted by molar-refractivity contribution is 7.89. The van der Waals surface area contributed by atoms with Crippen LogP contribution >= 0.6 is 0 Å². The van der Waals surface area contributed by atoms with E-state index in [1.54, 1.807) is 24.4 Å². The van der Waals surface area contributed by atoms with Gasteiger partial charge >= 0.3 is 0 Å². The van der Waals surface area contributed by atoms with Crippen LogP contribution in [0, 0.1) is 11.8 Å². The first-order chi connectivity index (χ1) is 16.8. The third-order valence-electron chi connectivity index (χ3n) is 5.68. The fourth-order valence-electron chi connectivity index (χ4n) is 4.01. The van der Waals surface area contributed by atoms with Crippen LogP contribution in [0.15, 0.2) is 53.8 Å². The number of amides is 4. The standard InChI is InChI=1S/C23H17N5O6S/c29-19-9-8-17(21(30)26-19)28-22(31)15-7-6-14(12-16(15)23(28)32)4-3-10-25-35(33,34)20-13-24-18-5-1-2-11-27(18)20/h1-2,5-7,11-13,17,25H,8-10H2,(H,26,29,30). The Hall–Kier alpha value is -4.34. The van der Waals surface area contributed by atoms with E-state index in [4.69, 9.17) is 0 Å². The summed E-state index contributed by atoms with van der Waals surface area (Å²) < 4.78 is 29.0. The average Bonchev–Trinajstić information content (AvgIpc) is 3.37. The minimum atomic E-state index is -3.87. The van der Waals surface area contributed by atoms with Gasteiger partial charge in [-0.2, -0.15) is 4.72 Å². The van der Waals surface area contributed by atoms with Gasteiger partial charge in [-0.05, 0) is 36.8 Å². The predicted octanol–water partition coefficient (Wildman–Crippen LogP) is 0.0655. The van der Waals surface area contributed by atoms with E-state index in [0.717, 1.165) is 4.90 Å². The number of hydrogen-bond donors (Lipinski definition) is 2. The van der Waals surface area contributed by atoms with E-state index in [2.05, 4.69) is 26.9 Å². The zero-order valence-electron chi connectivity index (χ0n) is 18.0. The van der Waals surface area contributed by atoms with E-state index in [9.17, 15) is 27.6 Å². The first kappa shape index (κ1) is 22.5. The van der Waals surface area contributed by atoms with Crippen molar-refractivity contribution in [2.75, 3.05) is 6.54 Å². The van der Waals surface area contributed by atoms with Crippen molar-refractivity contribution in [1.82, 2.24) is 24.3 Å². The Kier molecular flexibility index (Phi) is 5.43. The molecule has 1 fully saturated rings. The third-order valence-corrected chi connectivity index (χ3v) is 7.06. The van der Waals surface area contributed by atoms with Crippen molar-refractivity contribution in [1.29, 1.82) is 0 Å². The van der Waals surface area contributed by atoms with Gasteiger partial charge in [0.2, 0.25) is 11.8 Å². The number of rotatable bonds is 4. The summed E-state index contributed by atoms with van der Waals surface area (Å²) in [5.41, 5.74) is 1.11. The van der Waals surface area contributed by atoms with Crippen LogP contribution in [-0.4, -0.2) is 58.9 Å². The molecule has 0 radical (unpaired) electrons. The maximum Gasteiger partial charge on any atom is 0.262 e. The van der Waals surface area contributed by atoms with Gasteiger partial charge in [-0.1, -0.05) is 17.9 Å². The number of carbonyl (C=O) groups is 4. The zero-order chi connectivity index (χ0) is 24.7. The molecule has 1 aromatic carbocycles. The van der Waals surface area contributed by atoms with E-state index in [1.807, 2.05) is 0 Å². The fourth-order valence-corrected chi connectivity index (χ4v) is 5.02. The summed E-state index contributed by atoms with van der Waals surface area (Å²) in [6.07, 6.45) is 2.94. The second kappa shape index (κ2) is 8.46. The highest BCUT2D eigenvalue weighted by atomic mass is 32.2. The molecule has 3 aromatic rings. The highest BCUT2D eigenvalue weighted by Crippen LogP contribution is 2.28. The van der Waals surface area contributed by atoms with Crippen LogP contribution in [-0.2, 0) is 19.6 Å². The number of sulfonamides is 1. The molecule has 11 nitrogen and oxygen atoms in total. The van der Waals surface area contributed by atoms with Crippen LogP contribution in [0.4, 0.5) is 0 Å². The smallest absolute Gasteiger partial charge is 0.262 e. The Morgan fingerprint density at radius 2 is 1.89 bits per heavy atom. The molecule has 4 heterocycles. The van der Waals surface area contributed by atoms with Crippen LogP contribution in [0.5, 0.6) is 0 Å². The summed E-state index contributed by atoms with van der Waals surface area (Å²) in [7, 11) is -3.87. The normalized spacial score (nSPS) is 17.8. The largest absolute Gasteiger partial charge is 0.295 e. The van der Waals surface area contributed by atoms with Gasteiger partial charge in [-0.3, -0.25) is 33.8 Å². The molecule has 1 saturated heterocycles. The van der Waals surface area contributed by atoms with E-state index < -0.39 is 39.7 Å². The Morgan fingerprint density at radius 1 is 1.09 bits per heavy atom. The molecule has 2 aromatic heterocycles. The third kappa shape index (κ3) is 3.96. The topological polar surface area (TPSA) is 147 Å². The lowest BCUT2D eigenvalue weighted by Gasteiger charge is -2.27. The molecule has 176 valence electrons.